The molecule has 0 spiro atoms. The van der Waals surface area contributed by atoms with E-state index in [9.17, 15) is 4.79 Å². The van der Waals surface area contributed by atoms with Crippen molar-refractivity contribution in [3.05, 3.63) is 59.2 Å². The summed E-state index contributed by atoms with van der Waals surface area (Å²) in [5.41, 5.74) is 3.92. The molecule has 0 bridgehead atoms. The molecule has 0 unspecified atom stereocenters. The van der Waals surface area contributed by atoms with Crippen LogP contribution in [0.2, 0.25) is 0 Å². The first-order valence-corrected chi connectivity index (χ1v) is 7.20. The molecule has 22 heavy (non-hydrogen) atoms. The summed E-state index contributed by atoms with van der Waals surface area (Å²) in [6.45, 7) is 2.51. The number of carbonyl (C=O) groups excluding carboxylic acids is 1. The van der Waals surface area contributed by atoms with Gasteiger partial charge in [0, 0.05) is 31.9 Å². The van der Waals surface area contributed by atoms with E-state index in [4.69, 9.17) is 4.74 Å². The number of aryl methyl sites for hydroxylation is 1. The van der Waals surface area contributed by atoms with Crippen molar-refractivity contribution in [1.82, 2.24) is 5.32 Å². The van der Waals surface area contributed by atoms with Crippen LogP contribution in [0.1, 0.15) is 21.5 Å². The summed E-state index contributed by atoms with van der Waals surface area (Å²) >= 11 is 0. The predicted octanol–water partition coefficient (Wildman–Crippen LogP) is 3.00. The van der Waals surface area contributed by atoms with E-state index < -0.39 is 0 Å². The van der Waals surface area contributed by atoms with E-state index in [1.54, 1.807) is 7.11 Å². The second-order valence-electron chi connectivity index (χ2n) is 5.43. The van der Waals surface area contributed by atoms with Crippen LogP contribution in [0.15, 0.2) is 42.5 Å². The minimum atomic E-state index is -0.0655. The molecule has 1 N–H and O–H groups in total. The van der Waals surface area contributed by atoms with Crippen LogP contribution in [0.5, 0.6) is 5.75 Å². The molecule has 2 aromatic carbocycles. The first-order valence-electron chi connectivity index (χ1n) is 7.20. The number of hydrogen-bond acceptors (Lipinski definition) is 3. The Hall–Kier alpha value is -2.49. The van der Waals surface area contributed by atoms with Gasteiger partial charge in [-0.05, 0) is 48.4 Å². The molecule has 2 rings (SSSR count). The minimum absolute atomic E-state index is 0.0655. The fraction of sp³-hybridized carbons (Fsp3) is 0.278. The fourth-order valence-corrected chi connectivity index (χ4v) is 2.33. The molecule has 0 saturated heterocycles. The monoisotopic (exact) mass is 298 g/mol. The third kappa shape index (κ3) is 3.79. The van der Waals surface area contributed by atoms with Crippen LogP contribution in [-0.4, -0.2) is 27.1 Å². The number of hydrogen-bond donors (Lipinski definition) is 1. The molecule has 1 amide bonds. The maximum Gasteiger partial charge on any atom is 0.251 e. The van der Waals surface area contributed by atoms with Crippen LogP contribution in [-0.2, 0) is 6.54 Å². The zero-order valence-electron chi connectivity index (χ0n) is 13.5. The number of amides is 1. The number of nitrogens with zero attached hydrogens (tertiary/aromatic N) is 1. The van der Waals surface area contributed by atoms with Crippen LogP contribution in [0.25, 0.3) is 0 Å². The predicted molar refractivity (Wildman–Crippen MR) is 89.7 cm³/mol. The van der Waals surface area contributed by atoms with Gasteiger partial charge >= 0.3 is 0 Å². The lowest BCUT2D eigenvalue weighted by molar-refractivity contribution is 0.0951. The molecule has 0 aliphatic carbocycles. The average Bonchev–Trinajstić information content (AvgIpc) is 2.52. The average molecular weight is 298 g/mol. The van der Waals surface area contributed by atoms with Crippen LogP contribution in [0, 0.1) is 6.92 Å². The summed E-state index contributed by atoms with van der Waals surface area (Å²) in [4.78, 5) is 14.3. The van der Waals surface area contributed by atoms with Crippen molar-refractivity contribution in [3.8, 4) is 5.75 Å². The fourth-order valence-electron chi connectivity index (χ4n) is 2.33. The third-order valence-corrected chi connectivity index (χ3v) is 3.55. The Bertz CT molecular complexity index is 649. The molecule has 0 aliphatic rings. The van der Waals surface area contributed by atoms with Crippen LogP contribution < -0.4 is 15.0 Å². The van der Waals surface area contributed by atoms with Crippen molar-refractivity contribution in [2.45, 2.75) is 13.5 Å². The van der Waals surface area contributed by atoms with E-state index >= 15 is 0 Å². The van der Waals surface area contributed by atoms with Crippen molar-refractivity contribution in [1.29, 1.82) is 0 Å². The molecular formula is C18H22N2O2. The van der Waals surface area contributed by atoms with Gasteiger partial charge in [-0.15, -0.1) is 0 Å². The first kappa shape index (κ1) is 15.9. The largest absolute Gasteiger partial charge is 0.497 e. The summed E-state index contributed by atoms with van der Waals surface area (Å²) in [5, 5.41) is 2.94. The van der Waals surface area contributed by atoms with Gasteiger partial charge in [-0.2, -0.15) is 0 Å². The Kier molecular flexibility index (Phi) is 5.04. The maximum atomic E-state index is 12.2. The SMILES string of the molecule is COc1ccc(CNC(=O)c2ccc(N(C)C)c(C)c2)cc1. The standard InChI is InChI=1S/C18H22N2O2/c1-13-11-15(7-10-17(13)20(2)3)18(21)19-12-14-5-8-16(22-4)9-6-14/h5-11H,12H2,1-4H3,(H,19,21). The molecule has 116 valence electrons. The number of benzene rings is 2. The van der Waals surface area contributed by atoms with E-state index in [-0.39, 0.29) is 5.91 Å². The molecular weight excluding hydrogens is 276 g/mol. The molecule has 2 aromatic rings. The summed E-state index contributed by atoms with van der Waals surface area (Å²) in [5.74, 6) is 0.745. The molecule has 0 aliphatic heterocycles. The van der Waals surface area contributed by atoms with Crippen molar-refractivity contribution in [2.24, 2.45) is 0 Å². The summed E-state index contributed by atoms with van der Waals surface area (Å²) < 4.78 is 5.12. The lowest BCUT2D eigenvalue weighted by atomic mass is 10.1. The number of nitrogens with one attached hydrogen (secondary N) is 1. The van der Waals surface area contributed by atoms with Gasteiger partial charge in [-0.3, -0.25) is 4.79 Å². The highest BCUT2D eigenvalue weighted by Gasteiger charge is 2.08. The van der Waals surface area contributed by atoms with Crippen LogP contribution in [0.3, 0.4) is 0 Å². The zero-order valence-corrected chi connectivity index (χ0v) is 13.5. The van der Waals surface area contributed by atoms with Gasteiger partial charge < -0.3 is 15.0 Å². The molecule has 4 nitrogen and oxygen atoms in total. The van der Waals surface area contributed by atoms with Crippen molar-refractivity contribution >= 4 is 11.6 Å². The smallest absolute Gasteiger partial charge is 0.251 e. The molecule has 0 heterocycles. The van der Waals surface area contributed by atoms with E-state index in [2.05, 4.69) is 5.32 Å². The molecule has 0 radical (unpaired) electrons. The molecule has 0 fully saturated rings. The zero-order chi connectivity index (χ0) is 16.1. The van der Waals surface area contributed by atoms with Crippen LogP contribution >= 0.6 is 0 Å². The third-order valence-electron chi connectivity index (χ3n) is 3.55. The summed E-state index contributed by atoms with van der Waals surface area (Å²) in [7, 11) is 5.62. The quantitative estimate of drug-likeness (QED) is 0.922. The van der Waals surface area contributed by atoms with Gasteiger partial charge in [0.05, 0.1) is 7.11 Å². The molecule has 4 heteroatoms. The number of ether oxygens (including phenoxy) is 1. The Balaban J connectivity index is 2.01. The van der Waals surface area contributed by atoms with Crippen molar-refractivity contribution < 1.29 is 9.53 Å². The highest BCUT2D eigenvalue weighted by molar-refractivity contribution is 5.94. The van der Waals surface area contributed by atoms with Crippen LogP contribution in [0.4, 0.5) is 5.69 Å². The van der Waals surface area contributed by atoms with E-state index in [1.165, 1.54) is 0 Å². The normalized spacial score (nSPS) is 10.2. The Labute approximate surface area is 131 Å². The number of carbonyl (C=O) groups is 1. The minimum Gasteiger partial charge on any atom is -0.497 e. The Morgan fingerprint density at radius 2 is 1.82 bits per heavy atom. The second-order valence-corrected chi connectivity index (χ2v) is 5.43. The highest BCUT2D eigenvalue weighted by atomic mass is 16.5. The molecule has 0 aromatic heterocycles. The van der Waals surface area contributed by atoms with Gasteiger partial charge in [0.15, 0.2) is 0 Å². The van der Waals surface area contributed by atoms with Crippen molar-refractivity contribution in [2.75, 3.05) is 26.1 Å². The van der Waals surface area contributed by atoms with E-state index in [1.807, 2.05) is 68.4 Å². The number of anilines is 1. The van der Waals surface area contributed by atoms with Crippen molar-refractivity contribution in [3.63, 3.8) is 0 Å². The number of rotatable bonds is 5. The number of methoxy groups -OCH3 is 1. The highest BCUT2D eigenvalue weighted by Crippen LogP contribution is 2.19. The first-order chi connectivity index (χ1) is 10.5. The Morgan fingerprint density at radius 3 is 2.36 bits per heavy atom. The topological polar surface area (TPSA) is 41.6 Å². The van der Waals surface area contributed by atoms with Gasteiger partial charge in [-0.25, -0.2) is 0 Å². The van der Waals surface area contributed by atoms with Gasteiger partial charge in [0.2, 0.25) is 0 Å². The van der Waals surface area contributed by atoms with Gasteiger partial charge in [0.25, 0.3) is 5.91 Å². The molecule has 0 atom stereocenters. The van der Waals surface area contributed by atoms with E-state index in [0.29, 0.717) is 12.1 Å². The maximum absolute atomic E-state index is 12.2. The summed E-state index contributed by atoms with van der Waals surface area (Å²) in [6.07, 6.45) is 0. The Morgan fingerprint density at radius 1 is 1.14 bits per heavy atom. The lowest BCUT2D eigenvalue weighted by Crippen LogP contribution is -2.23. The molecule has 0 saturated carbocycles. The van der Waals surface area contributed by atoms with Gasteiger partial charge in [0.1, 0.15) is 5.75 Å². The lowest BCUT2D eigenvalue weighted by Gasteiger charge is -2.16. The van der Waals surface area contributed by atoms with Gasteiger partial charge in [-0.1, -0.05) is 12.1 Å². The second kappa shape index (κ2) is 6.98. The summed E-state index contributed by atoms with van der Waals surface area (Å²) in [6, 6.07) is 13.4. The van der Waals surface area contributed by atoms with E-state index in [0.717, 1.165) is 22.6 Å².